The molecular formula is C20H33IN6. The Morgan fingerprint density at radius 2 is 2.19 bits per heavy atom. The summed E-state index contributed by atoms with van der Waals surface area (Å²) < 4.78 is 2.06. The monoisotopic (exact) mass is 484 g/mol. The van der Waals surface area contributed by atoms with Gasteiger partial charge in [-0.3, -0.25) is 9.39 Å². The van der Waals surface area contributed by atoms with Gasteiger partial charge in [-0.25, -0.2) is 0 Å². The second kappa shape index (κ2) is 10.8. The number of nitrogens with zero attached hydrogens (tertiary/aromatic N) is 5. The number of fused-ring (bicyclic) bond motifs is 1. The third-order valence-corrected chi connectivity index (χ3v) is 4.93. The van der Waals surface area contributed by atoms with Crippen LogP contribution in [-0.4, -0.2) is 51.6 Å². The minimum Gasteiger partial charge on any atom is -0.357 e. The molecule has 3 heterocycles. The fourth-order valence-corrected chi connectivity index (χ4v) is 3.79. The van der Waals surface area contributed by atoms with Crippen LogP contribution in [0.25, 0.3) is 5.65 Å². The van der Waals surface area contributed by atoms with Crippen molar-refractivity contribution in [3.8, 4) is 0 Å². The molecule has 0 aromatic carbocycles. The standard InChI is InChI=1S/C20H32N6.HI/c1-4-21-20(25-13-10-17(15-25)14-16(2)3)22-11-7-9-19-24-23-18-8-5-6-12-26(18)19;/h5-6,8,12,16-17H,4,7,9-11,13-15H2,1-3H3,(H,21,22);1H. The van der Waals surface area contributed by atoms with Crippen molar-refractivity contribution in [2.75, 3.05) is 26.2 Å². The maximum absolute atomic E-state index is 4.86. The van der Waals surface area contributed by atoms with Crippen molar-refractivity contribution in [2.45, 2.75) is 46.5 Å². The molecule has 0 bridgehead atoms. The molecule has 1 unspecified atom stereocenters. The summed E-state index contributed by atoms with van der Waals surface area (Å²) in [6.07, 6.45) is 6.50. The first-order valence-corrected chi connectivity index (χ1v) is 9.99. The van der Waals surface area contributed by atoms with Gasteiger partial charge in [0.05, 0.1) is 0 Å². The molecule has 0 aliphatic carbocycles. The van der Waals surface area contributed by atoms with Crippen LogP contribution < -0.4 is 5.32 Å². The smallest absolute Gasteiger partial charge is 0.193 e. The Hall–Kier alpha value is -1.38. The van der Waals surface area contributed by atoms with Crippen LogP contribution in [0.2, 0.25) is 0 Å². The zero-order valence-corrected chi connectivity index (χ0v) is 19.1. The predicted octanol–water partition coefficient (Wildman–Crippen LogP) is 3.61. The van der Waals surface area contributed by atoms with Gasteiger partial charge in [0.25, 0.3) is 0 Å². The number of aliphatic imine (C=N–C) groups is 1. The molecular weight excluding hydrogens is 451 g/mol. The molecule has 1 saturated heterocycles. The van der Waals surface area contributed by atoms with Gasteiger partial charge in [0, 0.05) is 38.8 Å². The second-order valence-electron chi connectivity index (χ2n) is 7.61. The summed E-state index contributed by atoms with van der Waals surface area (Å²) in [6.45, 7) is 10.8. The molecule has 0 amide bonds. The summed E-state index contributed by atoms with van der Waals surface area (Å²) in [7, 11) is 0. The van der Waals surface area contributed by atoms with Crippen LogP contribution in [0.1, 0.15) is 45.9 Å². The van der Waals surface area contributed by atoms with Crippen LogP contribution in [0.3, 0.4) is 0 Å². The van der Waals surface area contributed by atoms with E-state index in [1.54, 1.807) is 0 Å². The molecule has 7 heteroatoms. The van der Waals surface area contributed by atoms with Crippen LogP contribution in [-0.2, 0) is 6.42 Å². The number of likely N-dealkylation sites (tertiary alicyclic amines) is 1. The topological polar surface area (TPSA) is 57.8 Å². The van der Waals surface area contributed by atoms with E-state index in [0.717, 1.165) is 68.3 Å². The van der Waals surface area contributed by atoms with Crippen LogP contribution in [0.5, 0.6) is 0 Å². The van der Waals surface area contributed by atoms with Gasteiger partial charge in [0.1, 0.15) is 5.82 Å². The number of guanidine groups is 1. The van der Waals surface area contributed by atoms with Crippen LogP contribution >= 0.6 is 24.0 Å². The first-order valence-electron chi connectivity index (χ1n) is 9.99. The molecule has 3 rings (SSSR count). The lowest BCUT2D eigenvalue weighted by Gasteiger charge is -2.22. The van der Waals surface area contributed by atoms with Crippen LogP contribution in [0, 0.1) is 11.8 Å². The van der Waals surface area contributed by atoms with E-state index in [1.165, 1.54) is 12.8 Å². The van der Waals surface area contributed by atoms with Crippen molar-refractivity contribution < 1.29 is 0 Å². The molecule has 1 atom stereocenters. The largest absolute Gasteiger partial charge is 0.357 e. The highest BCUT2D eigenvalue weighted by Crippen LogP contribution is 2.23. The summed E-state index contributed by atoms with van der Waals surface area (Å²) >= 11 is 0. The Bertz CT molecular complexity index is 726. The van der Waals surface area contributed by atoms with Gasteiger partial charge in [-0.05, 0) is 50.2 Å². The summed E-state index contributed by atoms with van der Waals surface area (Å²) in [5.41, 5.74) is 0.910. The fourth-order valence-electron chi connectivity index (χ4n) is 3.79. The van der Waals surface area contributed by atoms with Gasteiger partial charge in [0.15, 0.2) is 11.6 Å². The van der Waals surface area contributed by atoms with Crippen molar-refractivity contribution in [1.29, 1.82) is 0 Å². The van der Waals surface area contributed by atoms with Crippen LogP contribution in [0.15, 0.2) is 29.4 Å². The Labute approximate surface area is 179 Å². The molecule has 1 aliphatic rings. The molecule has 0 saturated carbocycles. The summed E-state index contributed by atoms with van der Waals surface area (Å²) in [5, 5.41) is 12.0. The molecule has 0 radical (unpaired) electrons. The predicted molar refractivity (Wildman–Crippen MR) is 122 cm³/mol. The quantitative estimate of drug-likeness (QED) is 0.282. The van der Waals surface area contributed by atoms with E-state index in [1.807, 2.05) is 24.4 Å². The van der Waals surface area contributed by atoms with Gasteiger partial charge < -0.3 is 10.2 Å². The molecule has 2 aromatic rings. The molecule has 6 nitrogen and oxygen atoms in total. The van der Waals surface area contributed by atoms with Gasteiger partial charge >= 0.3 is 0 Å². The lowest BCUT2D eigenvalue weighted by atomic mass is 9.97. The van der Waals surface area contributed by atoms with E-state index in [9.17, 15) is 0 Å². The summed E-state index contributed by atoms with van der Waals surface area (Å²) in [4.78, 5) is 7.30. The maximum Gasteiger partial charge on any atom is 0.193 e. The van der Waals surface area contributed by atoms with Crippen molar-refractivity contribution in [3.05, 3.63) is 30.2 Å². The third-order valence-electron chi connectivity index (χ3n) is 4.93. The zero-order valence-electron chi connectivity index (χ0n) is 16.8. The number of halogens is 1. The highest BCUT2D eigenvalue weighted by atomic mass is 127. The van der Waals surface area contributed by atoms with E-state index in [0.29, 0.717) is 0 Å². The molecule has 2 aromatic heterocycles. The highest BCUT2D eigenvalue weighted by molar-refractivity contribution is 14.0. The van der Waals surface area contributed by atoms with Crippen molar-refractivity contribution in [3.63, 3.8) is 0 Å². The first kappa shape index (κ1) is 21.9. The maximum atomic E-state index is 4.86. The number of nitrogens with one attached hydrogen (secondary N) is 1. The summed E-state index contributed by atoms with van der Waals surface area (Å²) in [6, 6.07) is 5.99. The number of hydrogen-bond acceptors (Lipinski definition) is 3. The van der Waals surface area contributed by atoms with Gasteiger partial charge in [-0.2, -0.15) is 0 Å². The number of pyridine rings is 1. The van der Waals surface area contributed by atoms with E-state index in [2.05, 4.69) is 45.6 Å². The van der Waals surface area contributed by atoms with E-state index >= 15 is 0 Å². The Morgan fingerprint density at radius 3 is 2.96 bits per heavy atom. The number of rotatable bonds is 7. The first-order chi connectivity index (χ1) is 12.7. The molecule has 1 fully saturated rings. The van der Waals surface area contributed by atoms with Crippen molar-refractivity contribution in [1.82, 2.24) is 24.8 Å². The molecule has 1 aliphatic heterocycles. The molecule has 150 valence electrons. The van der Waals surface area contributed by atoms with Crippen LogP contribution in [0.4, 0.5) is 0 Å². The van der Waals surface area contributed by atoms with Crippen molar-refractivity contribution >= 4 is 35.6 Å². The molecule has 1 N–H and O–H groups in total. The van der Waals surface area contributed by atoms with E-state index in [-0.39, 0.29) is 24.0 Å². The SMILES string of the molecule is CCNC(=NCCCc1nnc2ccccn12)N1CCC(CC(C)C)C1.I. The minimum absolute atomic E-state index is 0. The molecule has 0 spiro atoms. The third kappa shape index (κ3) is 6.05. The van der Waals surface area contributed by atoms with Gasteiger partial charge in [-0.15, -0.1) is 34.2 Å². The Morgan fingerprint density at radius 1 is 1.33 bits per heavy atom. The lowest BCUT2D eigenvalue weighted by Crippen LogP contribution is -2.40. The van der Waals surface area contributed by atoms with Gasteiger partial charge in [-0.1, -0.05) is 19.9 Å². The molecule has 27 heavy (non-hydrogen) atoms. The average Bonchev–Trinajstić information content (AvgIpc) is 3.24. The minimum atomic E-state index is 0. The fraction of sp³-hybridized carbons (Fsp3) is 0.650. The summed E-state index contributed by atoms with van der Waals surface area (Å²) in [5.74, 6) is 3.67. The highest BCUT2D eigenvalue weighted by Gasteiger charge is 2.25. The number of aryl methyl sites for hydroxylation is 1. The Kier molecular flexibility index (Phi) is 8.79. The zero-order chi connectivity index (χ0) is 18.4. The number of hydrogen-bond donors (Lipinski definition) is 1. The second-order valence-corrected chi connectivity index (χ2v) is 7.61. The average molecular weight is 484 g/mol. The van der Waals surface area contributed by atoms with Gasteiger partial charge in [0.2, 0.25) is 0 Å². The van der Waals surface area contributed by atoms with Crippen molar-refractivity contribution in [2.24, 2.45) is 16.8 Å². The van der Waals surface area contributed by atoms with E-state index in [4.69, 9.17) is 4.99 Å². The van der Waals surface area contributed by atoms with E-state index < -0.39 is 0 Å². The normalized spacial score (nSPS) is 17.6. The number of aromatic nitrogens is 3. The lowest BCUT2D eigenvalue weighted by molar-refractivity contribution is 0.403. The Balaban J connectivity index is 0.00000261.